The lowest BCUT2D eigenvalue weighted by molar-refractivity contribution is -0.136. The Hall–Kier alpha value is -1.95. The monoisotopic (exact) mass is 345 g/mol. The van der Waals surface area contributed by atoms with Gasteiger partial charge in [-0.15, -0.1) is 11.3 Å². The lowest BCUT2D eigenvalue weighted by atomic mass is 9.71. The molecule has 2 amide bonds. The number of primary amides is 1. The number of para-hydroxylation sites is 1. The highest BCUT2D eigenvalue weighted by Crippen LogP contribution is 2.41. The van der Waals surface area contributed by atoms with Gasteiger partial charge in [-0.3, -0.25) is 9.59 Å². The zero-order valence-electron chi connectivity index (χ0n) is 13.9. The maximum Gasteiger partial charge on any atom is 0.239 e. The minimum Gasteiger partial charge on any atom is -0.368 e. The average Bonchev–Trinajstić information content (AvgIpc) is 2.97. The predicted octanol–water partition coefficient (Wildman–Crippen LogP) is 2.78. The third-order valence-electron chi connectivity index (χ3n) is 4.89. The zero-order chi connectivity index (χ0) is 17.2. The molecule has 0 bridgehead atoms. The molecule has 0 unspecified atom stereocenters. The minimum atomic E-state index is -0.647. The number of nitrogens with one attached hydrogen (secondary N) is 1. The summed E-state index contributed by atoms with van der Waals surface area (Å²) in [5.74, 6) is -0.568. The van der Waals surface area contributed by atoms with Gasteiger partial charge in [-0.2, -0.15) is 0 Å². The van der Waals surface area contributed by atoms with E-state index in [-0.39, 0.29) is 5.91 Å². The van der Waals surface area contributed by atoms with Gasteiger partial charge < -0.3 is 11.1 Å². The summed E-state index contributed by atoms with van der Waals surface area (Å²) in [6, 6.07) is 7.38. The molecule has 6 heteroatoms. The fourth-order valence-electron chi connectivity index (χ4n) is 3.42. The second-order valence-electron chi connectivity index (χ2n) is 6.69. The van der Waals surface area contributed by atoms with E-state index in [0.717, 1.165) is 47.3 Å². The first kappa shape index (κ1) is 16.9. The van der Waals surface area contributed by atoms with Crippen molar-refractivity contribution in [3.8, 4) is 0 Å². The summed E-state index contributed by atoms with van der Waals surface area (Å²) in [7, 11) is 0. The normalized spacial score (nSPS) is 18.2. The Balaban J connectivity index is 1.85. The number of hydrogen-bond acceptors (Lipinski definition) is 4. The van der Waals surface area contributed by atoms with Gasteiger partial charge in [0.15, 0.2) is 0 Å². The molecule has 1 aromatic heterocycles. The van der Waals surface area contributed by atoms with Gasteiger partial charge in [0.2, 0.25) is 11.8 Å². The number of amides is 2. The summed E-state index contributed by atoms with van der Waals surface area (Å²) >= 11 is 1.65. The maximum atomic E-state index is 12.9. The molecule has 3 N–H and O–H groups in total. The van der Waals surface area contributed by atoms with Crippen LogP contribution in [0.3, 0.4) is 0 Å². The molecule has 0 aliphatic heterocycles. The van der Waals surface area contributed by atoms with Crippen LogP contribution in [-0.4, -0.2) is 22.8 Å². The van der Waals surface area contributed by atoms with Crippen LogP contribution in [0.1, 0.15) is 44.0 Å². The molecule has 0 saturated heterocycles. The number of benzene rings is 1. The lowest BCUT2D eigenvalue weighted by Crippen LogP contribution is -2.50. The van der Waals surface area contributed by atoms with Gasteiger partial charge in [-0.1, -0.05) is 31.4 Å². The van der Waals surface area contributed by atoms with Crippen molar-refractivity contribution in [1.82, 2.24) is 10.3 Å². The van der Waals surface area contributed by atoms with Crippen molar-refractivity contribution in [3.63, 3.8) is 0 Å². The Morgan fingerprint density at radius 2 is 2.00 bits per heavy atom. The van der Waals surface area contributed by atoms with Crippen molar-refractivity contribution in [3.05, 3.63) is 29.3 Å². The van der Waals surface area contributed by atoms with E-state index < -0.39 is 17.4 Å². The molecule has 1 aliphatic carbocycles. The summed E-state index contributed by atoms with van der Waals surface area (Å²) in [5.41, 5.74) is 5.80. The van der Waals surface area contributed by atoms with E-state index in [4.69, 9.17) is 10.7 Å². The topological polar surface area (TPSA) is 85.1 Å². The number of nitrogens with two attached hydrogens (primary N) is 1. The number of hydrogen-bond donors (Lipinski definition) is 2. The summed E-state index contributed by atoms with van der Waals surface area (Å²) in [5, 5.41) is 3.79. The van der Waals surface area contributed by atoms with E-state index in [1.807, 2.05) is 18.2 Å². The van der Waals surface area contributed by atoms with Crippen molar-refractivity contribution in [2.75, 3.05) is 0 Å². The molecule has 1 aliphatic rings. The number of carbonyl (C=O) groups is 2. The van der Waals surface area contributed by atoms with Crippen LogP contribution in [0.2, 0.25) is 0 Å². The largest absolute Gasteiger partial charge is 0.368 e. The van der Waals surface area contributed by atoms with Crippen LogP contribution in [-0.2, 0) is 16.0 Å². The van der Waals surface area contributed by atoms with Gasteiger partial charge in [0.25, 0.3) is 0 Å². The van der Waals surface area contributed by atoms with E-state index in [9.17, 15) is 9.59 Å². The maximum absolute atomic E-state index is 12.9. The SMILES string of the molecule is C[C@H](NC(=O)C1(Cc2nc3ccccc3s2)CCCCC1)C(N)=O. The van der Waals surface area contributed by atoms with E-state index >= 15 is 0 Å². The molecule has 5 nitrogen and oxygen atoms in total. The van der Waals surface area contributed by atoms with E-state index in [2.05, 4.69) is 11.4 Å². The fraction of sp³-hybridized carbons (Fsp3) is 0.500. The van der Waals surface area contributed by atoms with Gasteiger partial charge >= 0.3 is 0 Å². The molecular weight excluding hydrogens is 322 g/mol. The molecule has 2 aromatic rings. The molecule has 128 valence electrons. The average molecular weight is 345 g/mol. The standard InChI is InChI=1S/C18H23N3O2S/c1-12(16(19)22)20-17(23)18(9-5-2-6-10-18)11-15-21-13-7-3-4-8-14(13)24-15/h3-4,7-8,12H,2,5-6,9-11H2,1H3,(H2,19,22)(H,20,23)/t12-/m0/s1. The van der Waals surface area contributed by atoms with E-state index in [1.54, 1.807) is 18.3 Å². The molecule has 1 heterocycles. The number of rotatable bonds is 5. The third-order valence-corrected chi connectivity index (χ3v) is 5.93. The highest BCUT2D eigenvalue weighted by Gasteiger charge is 2.41. The van der Waals surface area contributed by atoms with Gasteiger partial charge in [-0.25, -0.2) is 4.98 Å². The number of thiazole rings is 1. The molecular formula is C18H23N3O2S. The second kappa shape index (κ2) is 6.89. The van der Waals surface area contributed by atoms with E-state index in [1.165, 1.54) is 0 Å². The van der Waals surface area contributed by atoms with Crippen molar-refractivity contribution in [2.24, 2.45) is 11.1 Å². The molecule has 3 rings (SSSR count). The summed E-state index contributed by atoms with van der Waals surface area (Å²) in [4.78, 5) is 28.9. The van der Waals surface area contributed by atoms with Crippen LogP contribution in [0.5, 0.6) is 0 Å². The summed E-state index contributed by atoms with van der Waals surface area (Å²) in [6.45, 7) is 1.63. The fourth-order valence-corrected chi connectivity index (χ4v) is 4.53. The van der Waals surface area contributed by atoms with Crippen LogP contribution in [0, 0.1) is 5.41 Å². The van der Waals surface area contributed by atoms with Crippen LogP contribution < -0.4 is 11.1 Å². The van der Waals surface area contributed by atoms with Crippen molar-refractivity contribution in [2.45, 2.75) is 51.5 Å². The Kier molecular flexibility index (Phi) is 4.85. The van der Waals surface area contributed by atoms with Crippen molar-refractivity contribution < 1.29 is 9.59 Å². The summed E-state index contributed by atoms with van der Waals surface area (Å²) in [6.07, 6.45) is 5.51. The Labute approximate surface area is 145 Å². The number of carbonyl (C=O) groups excluding carboxylic acids is 2. The Morgan fingerprint density at radius 1 is 1.29 bits per heavy atom. The number of nitrogens with zero attached hydrogens (tertiary/aromatic N) is 1. The molecule has 1 aromatic carbocycles. The van der Waals surface area contributed by atoms with Gasteiger partial charge in [0.1, 0.15) is 6.04 Å². The van der Waals surface area contributed by atoms with Crippen LogP contribution in [0.25, 0.3) is 10.2 Å². The Bertz CT molecular complexity index is 717. The smallest absolute Gasteiger partial charge is 0.239 e. The van der Waals surface area contributed by atoms with Gasteiger partial charge in [0, 0.05) is 6.42 Å². The second-order valence-corrected chi connectivity index (χ2v) is 7.81. The molecule has 1 atom stereocenters. The van der Waals surface area contributed by atoms with Crippen LogP contribution >= 0.6 is 11.3 Å². The van der Waals surface area contributed by atoms with Crippen LogP contribution in [0.4, 0.5) is 0 Å². The van der Waals surface area contributed by atoms with Gasteiger partial charge in [-0.05, 0) is 31.9 Å². The predicted molar refractivity (Wildman–Crippen MR) is 95.6 cm³/mol. The molecule has 1 fully saturated rings. The number of fused-ring (bicyclic) bond motifs is 1. The highest BCUT2D eigenvalue weighted by atomic mass is 32.1. The lowest BCUT2D eigenvalue weighted by Gasteiger charge is -2.36. The first-order valence-electron chi connectivity index (χ1n) is 8.45. The third kappa shape index (κ3) is 3.43. The Morgan fingerprint density at radius 3 is 2.67 bits per heavy atom. The molecule has 0 spiro atoms. The van der Waals surface area contributed by atoms with Crippen molar-refractivity contribution >= 4 is 33.4 Å². The van der Waals surface area contributed by atoms with E-state index in [0.29, 0.717) is 6.42 Å². The highest BCUT2D eigenvalue weighted by molar-refractivity contribution is 7.18. The molecule has 0 radical (unpaired) electrons. The first-order chi connectivity index (χ1) is 11.5. The molecule has 1 saturated carbocycles. The van der Waals surface area contributed by atoms with Gasteiger partial charge in [0.05, 0.1) is 20.6 Å². The number of aromatic nitrogens is 1. The summed E-state index contributed by atoms with van der Waals surface area (Å²) < 4.78 is 1.14. The quantitative estimate of drug-likeness (QED) is 0.874. The van der Waals surface area contributed by atoms with Crippen LogP contribution in [0.15, 0.2) is 24.3 Å². The zero-order valence-corrected chi connectivity index (χ0v) is 14.7. The first-order valence-corrected chi connectivity index (χ1v) is 9.27. The van der Waals surface area contributed by atoms with Crippen molar-refractivity contribution in [1.29, 1.82) is 0 Å². The minimum absolute atomic E-state index is 0.0623. The molecule has 24 heavy (non-hydrogen) atoms.